The molecule has 0 radical (unpaired) electrons. The molecule has 0 saturated heterocycles. The van der Waals surface area contributed by atoms with Crippen molar-refractivity contribution in [2.24, 2.45) is 0 Å². The molecular weight excluding hydrogens is 374 g/mol. The lowest BCUT2D eigenvalue weighted by Crippen LogP contribution is -2.03. The second-order valence-electron chi connectivity index (χ2n) is 5.67. The second kappa shape index (κ2) is 6.64. The lowest BCUT2D eigenvalue weighted by atomic mass is 10.1. The first-order valence-electron chi connectivity index (χ1n) is 7.45. The maximum Gasteiger partial charge on any atom is 0.216 e. The molecule has 1 aromatic heterocycles. The monoisotopic (exact) mass is 387 g/mol. The number of hydrogen-bond acceptors (Lipinski definition) is 4. The van der Waals surface area contributed by atoms with E-state index >= 15 is 0 Å². The molecule has 0 aliphatic carbocycles. The molecule has 126 valence electrons. The maximum atomic E-state index is 12.8. The molecule has 0 fully saturated rings. The molecule has 0 aliphatic heterocycles. The van der Waals surface area contributed by atoms with Gasteiger partial charge in [-0.25, -0.2) is 8.42 Å². The molecule has 6 heteroatoms. The summed E-state index contributed by atoms with van der Waals surface area (Å²) in [5, 5.41) is 11.0. The van der Waals surface area contributed by atoms with Crippen LogP contribution in [-0.2, 0) is 9.84 Å². The number of allylic oxidation sites excluding steroid dienone is 1. The van der Waals surface area contributed by atoms with E-state index in [1.165, 1.54) is 29.5 Å². The molecule has 0 saturated carbocycles. The molecule has 0 bridgehead atoms. The Hall–Kier alpha value is -2.13. The van der Waals surface area contributed by atoms with Crippen LogP contribution in [0.1, 0.15) is 16.0 Å². The van der Waals surface area contributed by atoms with Crippen molar-refractivity contribution in [3.05, 3.63) is 68.4 Å². The Morgan fingerprint density at radius 2 is 1.84 bits per heavy atom. The lowest BCUT2D eigenvalue weighted by Gasteiger charge is -2.03. The first-order chi connectivity index (χ1) is 11.8. The van der Waals surface area contributed by atoms with Crippen LogP contribution < -0.4 is 0 Å². The highest BCUT2D eigenvalue weighted by molar-refractivity contribution is 7.95. The molecule has 3 aromatic rings. The number of rotatable bonds is 3. The van der Waals surface area contributed by atoms with Gasteiger partial charge in [0.2, 0.25) is 9.84 Å². The van der Waals surface area contributed by atoms with Crippen LogP contribution in [0.3, 0.4) is 0 Å². The molecule has 3 rings (SSSR count). The van der Waals surface area contributed by atoms with E-state index in [2.05, 4.69) is 0 Å². The highest BCUT2D eigenvalue weighted by Gasteiger charge is 2.21. The standard InChI is InChI=1S/C19H14ClNO2S2/c1-12-3-6-15(7-4-12)25(22,23)16(11-21)10-19-13(2)17-9-14(20)5-8-18(17)24-19/h3-10H,1-2H3/b16-10+. The Balaban J connectivity index is 2.14. The highest BCUT2D eigenvalue weighted by atomic mass is 35.5. The van der Waals surface area contributed by atoms with E-state index in [9.17, 15) is 13.7 Å². The van der Waals surface area contributed by atoms with Gasteiger partial charge in [0.25, 0.3) is 0 Å². The number of sulfone groups is 1. The average molecular weight is 388 g/mol. The first-order valence-corrected chi connectivity index (χ1v) is 10.1. The Bertz CT molecular complexity index is 1130. The van der Waals surface area contributed by atoms with E-state index in [4.69, 9.17) is 11.6 Å². The minimum atomic E-state index is -3.85. The van der Waals surface area contributed by atoms with Gasteiger partial charge in [-0.1, -0.05) is 29.3 Å². The molecule has 25 heavy (non-hydrogen) atoms. The van der Waals surface area contributed by atoms with Crippen molar-refractivity contribution < 1.29 is 8.42 Å². The minimum Gasteiger partial charge on any atom is -0.218 e. The largest absolute Gasteiger partial charge is 0.218 e. The summed E-state index contributed by atoms with van der Waals surface area (Å²) in [6.07, 6.45) is 1.45. The van der Waals surface area contributed by atoms with E-state index in [-0.39, 0.29) is 9.80 Å². The van der Waals surface area contributed by atoms with Crippen LogP contribution in [0.25, 0.3) is 16.2 Å². The van der Waals surface area contributed by atoms with Gasteiger partial charge < -0.3 is 0 Å². The topological polar surface area (TPSA) is 57.9 Å². The van der Waals surface area contributed by atoms with Gasteiger partial charge in [-0.05, 0) is 61.2 Å². The highest BCUT2D eigenvalue weighted by Crippen LogP contribution is 2.35. The van der Waals surface area contributed by atoms with E-state index in [0.29, 0.717) is 5.02 Å². The normalized spacial score (nSPS) is 12.3. The second-order valence-corrected chi connectivity index (χ2v) is 9.11. The number of fused-ring (bicyclic) bond motifs is 1. The summed E-state index contributed by atoms with van der Waals surface area (Å²) >= 11 is 7.48. The third kappa shape index (κ3) is 3.34. The molecule has 0 unspecified atom stereocenters. The van der Waals surface area contributed by atoms with Crippen LogP contribution in [0.5, 0.6) is 0 Å². The molecule has 0 N–H and O–H groups in total. The van der Waals surface area contributed by atoms with E-state index < -0.39 is 9.84 Å². The summed E-state index contributed by atoms with van der Waals surface area (Å²) < 4.78 is 26.5. The SMILES string of the molecule is Cc1ccc(S(=O)(=O)/C(C#N)=C/c2sc3ccc(Cl)cc3c2C)cc1. The Morgan fingerprint density at radius 1 is 1.16 bits per heavy atom. The van der Waals surface area contributed by atoms with Gasteiger partial charge in [0.05, 0.1) is 4.90 Å². The van der Waals surface area contributed by atoms with Crippen molar-refractivity contribution >= 4 is 48.9 Å². The van der Waals surface area contributed by atoms with E-state index in [1.54, 1.807) is 18.2 Å². The summed E-state index contributed by atoms with van der Waals surface area (Å²) in [7, 11) is -3.85. The van der Waals surface area contributed by atoms with Crippen LogP contribution in [0.4, 0.5) is 0 Å². The quantitative estimate of drug-likeness (QED) is 0.556. The minimum absolute atomic E-state index is 0.118. The molecule has 0 spiro atoms. The van der Waals surface area contributed by atoms with Crippen molar-refractivity contribution in [1.82, 2.24) is 0 Å². The first kappa shape index (κ1) is 17.7. The van der Waals surface area contributed by atoms with Crippen molar-refractivity contribution in [2.45, 2.75) is 18.7 Å². The fraction of sp³-hybridized carbons (Fsp3) is 0.105. The zero-order chi connectivity index (χ0) is 18.2. The summed E-state index contributed by atoms with van der Waals surface area (Å²) in [4.78, 5) is 0.592. The van der Waals surface area contributed by atoms with E-state index in [0.717, 1.165) is 26.1 Å². The van der Waals surface area contributed by atoms with Gasteiger partial charge in [-0.15, -0.1) is 11.3 Å². The average Bonchev–Trinajstić information content (AvgIpc) is 2.88. The molecule has 0 amide bonds. The zero-order valence-corrected chi connectivity index (χ0v) is 16.0. The van der Waals surface area contributed by atoms with Crippen LogP contribution in [0, 0.1) is 25.2 Å². The number of halogens is 1. The van der Waals surface area contributed by atoms with Gasteiger partial charge in [-0.3, -0.25) is 0 Å². The summed E-state index contributed by atoms with van der Waals surface area (Å²) in [6, 6.07) is 13.9. The summed E-state index contributed by atoms with van der Waals surface area (Å²) in [5.41, 5.74) is 1.87. The smallest absolute Gasteiger partial charge is 0.216 e. The van der Waals surface area contributed by atoms with E-state index in [1.807, 2.05) is 32.0 Å². The zero-order valence-electron chi connectivity index (χ0n) is 13.6. The van der Waals surface area contributed by atoms with Crippen molar-refractivity contribution in [1.29, 1.82) is 5.26 Å². The van der Waals surface area contributed by atoms with Crippen LogP contribution >= 0.6 is 22.9 Å². The van der Waals surface area contributed by atoms with Crippen molar-refractivity contribution in [2.75, 3.05) is 0 Å². The summed E-state index contributed by atoms with van der Waals surface area (Å²) in [6.45, 7) is 3.78. The fourth-order valence-corrected chi connectivity index (χ4v) is 5.01. The van der Waals surface area contributed by atoms with Crippen LogP contribution in [0.2, 0.25) is 5.02 Å². The molecule has 3 nitrogen and oxygen atoms in total. The van der Waals surface area contributed by atoms with Crippen molar-refractivity contribution in [3.63, 3.8) is 0 Å². The van der Waals surface area contributed by atoms with Gasteiger partial charge in [0.15, 0.2) is 4.91 Å². The van der Waals surface area contributed by atoms with Gasteiger partial charge >= 0.3 is 0 Å². The van der Waals surface area contributed by atoms with Gasteiger partial charge in [0.1, 0.15) is 6.07 Å². The van der Waals surface area contributed by atoms with Crippen LogP contribution in [0.15, 0.2) is 52.3 Å². The Morgan fingerprint density at radius 3 is 2.48 bits per heavy atom. The molecular formula is C19H14ClNO2S2. The number of thiophene rings is 1. The third-order valence-electron chi connectivity index (χ3n) is 3.93. The van der Waals surface area contributed by atoms with Gasteiger partial charge in [-0.2, -0.15) is 5.26 Å². The Kier molecular flexibility index (Phi) is 4.70. The predicted molar refractivity (Wildman–Crippen MR) is 104 cm³/mol. The number of nitrogens with zero attached hydrogens (tertiary/aromatic N) is 1. The number of hydrogen-bond donors (Lipinski definition) is 0. The Labute approximate surface area is 155 Å². The maximum absolute atomic E-state index is 12.8. The molecule has 2 aromatic carbocycles. The number of nitriles is 1. The predicted octanol–water partition coefficient (Wildman–Crippen LogP) is 5.51. The molecule has 1 heterocycles. The number of aryl methyl sites for hydroxylation is 2. The number of benzene rings is 2. The lowest BCUT2D eigenvalue weighted by molar-refractivity contribution is 0.603. The van der Waals surface area contributed by atoms with Crippen molar-refractivity contribution in [3.8, 4) is 6.07 Å². The fourth-order valence-electron chi connectivity index (χ4n) is 2.48. The third-order valence-corrected chi connectivity index (χ3v) is 7.06. The van der Waals surface area contributed by atoms with Gasteiger partial charge in [0, 0.05) is 14.6 Å². The van der Waals surface area contributed by atoms with Crippen LogP contribution in [-0.4, -0.2) is 8.42 Å². The molecule has 0 aliphatic rings. The molecule has 0 atom stereocenters. The summed E-state index contributed by atoms with van der Waals surface area (Å²) in [5.74, 6) is 0.